The van der Waals surface area contributed by atoms with E-state index >= 15 is 0 Å². The van der Waals surface area contributed by atoms with Gasteiger partial charge >= 0.3 is 0 Å². The van der Waals surface area contributed by atoms with Crippen LogP contribution in [0.1, 0.15) is 19.8 Å². The number of hydrogen-bond acceptors (Lipinski definition) is 2. The molecule has 1 saturated heterocycles. The van der Waals surface area contributed by atoms with Crippen LogP contribution in [0.15, 0.2) is 12.3 Å². The first-order valence-corrected chi connectivity index (χ1v) is 4.14. The summed E-state index contributed by atoms with van der Waals surface area (Å²) in [6.07, 6.45) is 4.42. The van der Waals surface area contributed by atoms with Crippen molar-refractivity contribution in [1.29, 1.82) is 0 Å². The van der Waals surface area contributed by atoms with Crippen molar-refractivity contribution < 1.29 is 0 Å². The molecule has 0 bridgehead atoms. The van der Waals surface area contributed by atoms with Crippen molar-refractivity contribution >= 4 is 5.82 Å². The van der Waals surface area contributed by atoms with Crippen LogP contribution in [0.25, 0.3) is 0 Å². The van der Waals surface area contributed by atoms with Gasteiger partial charge in [0.2, 0.25) is 0 Å². The van der Waals surface area contributed by atoms with Gasteiger partial charge in [0.15, 0.2) is 0 Å². The summed E-state index contributed by atoms with van der Waals surface area (Å²) in [6, 6.07) is 2.71. The molecule has 1 aliphatic rings. The van der Waals surface area contributed by atoms with Gasteiger partial charge in [-0.15, -0.1) is 0 Å². The Balaban J connectivity index is 2.16. The Bertz CT molecular complexity index is 217. The lowest BCUT2D eigenvalue weighted by molar-refractivity contribution is 0.725. The van der Waals surface area contributed by atoms with Crippen LogP contribution in [-0.4, -0.2) is 22.8 Å². The lowest BCUT2D eigenvalue weighted by Crippen LogP contribution is -2.26. The minimum atomic E-state index is 0.676. The van der Waals surface area contributed by atoms with Gasteiger partial charge in [0.05, 0.1) is 6.20 Å². The second kappa shape index (κ2) is 2.57. The summed E-state index contributed by atoms with van der Waals surface area (Å²) in [7, 11) is 0. The molecular weight excluding hydrogens is 138 g/mol. The summed E-state index contributed by atoms with van der Waals surface area (Å²) < 4.78 is 0. The predicted octanol–water partition coefficient (Wildman–Crippen LogP) is 1.40. The van der Waals surface area contributed by atoms with Crippen molar-refractivity contribution in [3.05, 3.63) is 12.3 Å². The van der Waals surface area contributed by atoms with E-state index in [0.717, 1.165) is 5.82 Å². The van der Waals surface area contributed by atoms with Crippen LogP contribution in [0.2, 0.25) is 0 Å². The quantitative estimate of drug-likeness (QED) is 0.658. The number of aromatic nitrogens is 2. The van der Waals surface area contributed by atoms with Gasteiger partial charge in [-0.05, 0) is 19.8 Å². The van der Waals surface area contributed by atoms with Crippen LogP contribution in [0.5, 0.6) is 0 Å². The molecule has 2 heterocycles. The highest BCUT2D eigenvalue weighted by atomic mass is 15.3. The maximum atomic E-state index is 3.93. The van der Waals surface area contributed by atoms with Crippen molar-refractivity contribution in [3.63, 3.8) is 0 Å². The van der Waals surface area contributed by atoms with Gasteiger partial charge < -0.3 is 4.90 Å². The minimum absolute atomic E-state index is 0.676. The first-order valence-electron chi connectivity index (χ1n) is 4.14. The summed E-state index contributed by atoms with van der Waals surface area (Å²) >= 11 is 0. The van der Waals surface area contributed by atoms with Crippen molar-refractivity contribution in [2.45, 2.75) is 25.8 Å². The van der Waals surface area contributed by atoms with E-state index in [0.29, 0.717) is 6.04 Å². The molecule has 3 nitrogen and oxygen atoms in total. The Kier molecular flexibility index (Phi) is 1.56. The second-order valence-corrected chi connectivity index (χ2v) is 3.13. The number of anilines is 1. The molecule has 0 radical (unpaired) electrons. The Morgan fingerprint density at radius 3 is 3.18 bits per heavy atom. The molecule has 0 aliphatic carbocycles. The third-order valence-electron chi connectivity index (χ3n) is 2.35. The molecule has 11 heavy (non-hydrogen) atoms. The van der Waals surface area contributed by atoms with Crippen molar-refractivity contribution in [3.8, 4) is 0 Å². The van der Waals surface area contributed by atoms with Crippen LogP contribution < -0.4 is 4.90 Å². The van der Waals surface area contributed by atoms with E-state index in [2.05, 4.69) is 22.0 Å². The molecule has 0 spiro atoms. The van der Waals surface area contributed by atoms with Gasteiger partial charge in [-0.1, -0.05) is 0 Å². The fourth-order valence-electron chi connectivity index (χ4n) is 1.70. The van der Waals surface area contributed by atoms with Crippen LogP contribution in [0.3, 0.4) is 0 Å². The van der Waals surface area contributed by atoms with Gasteiger partial charge in [0.25, 0.3) is 0 Å². The molecule has 1 atom stereocenters. The van der Waals surface area contributed by atoms with E-state index in [1.807, 2.05) is 6.07 Å². The number of rotatable bonds is 1. The summed E-state index contributed by atoms with van der Waals surface area (Å²) in [5.41, 5.74) is 0. The van der Waals surface area contributed by atoms with E-state index in [1.165, 1.54) is 19.4 Å². The average Bonchev–Trinajstić information content (AvgIpc) is 2.55. The fourth-order valence-corrected chi connectivity index (χ4v) is 1.70. The van der Waals surface area contributed by atoms with E-state index in [1.54, 1.807) is 6.20 Å². The Morgan fingerprint density at radius 2 is 2.64 bits per heavy atom. The molecule has 1 N–H and O–H groups in total. The Labute approximate surface area is 66.4 Å². The Hall–Kier alpha value is -0.990. The third kappa shape index (κ3) is 1.11. The van der Waals surface area contributed by atoms with Crippen molar-refractivity contribution in [1.82, 2.24) is 10.2 Å². The summed E-state index contributed by atoms with van der Waals surface area (Å²) in [6.45, 7) is 3.43. The van der Waals surface area contributed by atoms with Crippen LogP contribution in [0, 0.1) is 0 Å². The molecule has 0 amide bonds. The van der Waals surface area contributed by atoms with E-state index in [4.69, 9.17) is 0 Å². The number of H-pyrrole nitrogens is 1. The van der Waals surface area contributed by atoms with Crippen LogP contribution in [-0.2, 0) is 0 Å². The molecule has 1 fully saturated rings. The lowest BCUT2D eigenvalue weighted by Gasteiger charge is -2.20. The molecule has 60 valence electrons. The van der Waals surface area contributed by atoms with Gasteiger partial charge in [-0.2, -0.15) is 5.10 Å². The Morgan fingerprint density at radius 1 is 1.73 bits per heavy atom. The van der Waals surface area contributed by atoms with E-state index < -0.39 is 0 Å². The number of hydrogen-bond donors (Lipinski definition) is 1. The number of nitrogens with one attached hydrogen (secondary N) is 1. The second-order valence-electron chi connectivity index (χ2n) is 3.13. The molecule has 0 saturated carbocycles. The summed E-state index contributed by atoms with van der Waals surface area (Å²) in [5, 5.41) is 6.92. The highest BCUT2D eigenvalue weighted by molar-refractivity contribution is 5.38. The highest BCUT2D eigenvalue weighted by Gasteiger charge is 2.20. The largest absolute Gasteiger partial charge is 0.354 e. The molecule has 1 aliphatic heterocycles. The van der Waals surface area contributed by atoms with Gasteiger partial charge in [0, 0.05) is 18.7 Å². The maximum Gasteiger partial charge on any atom is 0.124 e. The zero-order valence-electron chi connectivity index (χ0n) is 6.75. The van der Waals surface area contributed by atoms with Crippen molar-refractivity contribution in [2.75, 3.05) is 11.4 Å². The minimum Gasteiger partial charge on any atom is -0.354 e. The van der Waals surface area contributed by atoms with Gasteiger partial charge in [-0.3, -0.25) is 5.10 Å². The molecule has 1 aromatic heterocycles. The number of aromatic amines is 1. The molecular formula is C8H13N3. The van der Waals surface area contributed by atoms with Crippen LogP contribution in [0.4, 0.5) is 5.82 Å². The van der Waals surface area contributed by atoms with Crippen LogP contribution >= 0.6 is 0 Å². The van der Waals surface area contributed by atoms with Gasteiger partial charge in [-0.25, -0.2) is 0 Å². The molecule has 3 heteroatoms. The zero-order chi connectivity index (χ0) is 7.68. The summed E-state index contributed by atoms with van der Waals surface area (Å²) in [4.78, 5) is 2.37. The average molecular weight is 151 g/mol. The molecule has 0 aromatic carbocycles. The fraction of sp³-hybridized carbons (Fsp3) is 0.625. The maximum absolute atomic E-state index is 3.93. The smallest absolute Gasteiger partial charge is 0.124 e. The SMILES string of the molecule is C[C@H]1CCCN1c1ccn[nH]1. The normalized spacial score (nSPS) is 24.5. The molecule has 1 aromatic rings. The molecule has 0 unspecified atom stereocenters. The topological polar surface area (TPSA) is 31.9 Å². The molecule has 2 rings (SSSR count). The predicted molar refractivity (Wildman–Crippen MR) is 44.6 cm³/mol. The van der Waals surface area contributed by atoms with Gasteiger partial charge in [0.1, 0.15) is 5.82 Å². The first-order chi connectivity index (χ1) is 5.38. The van der Waals surface area contributed by atoms with E-state index in [-0.39, 0.29) is 0 Å². The lowest BCUT2D eigenvalue weighted by atomic mass is 10.2. The van der Waals surface area contributed by atoms with E-state index in [9.17, 15) is 0 Å². The standard InChI is InChI=1S/C8H13N3/c1-7-3-2-6-11(7)8-4-5-9-10-8/h4-5,7H,2-3,6H2,1H3,(H,9,10)/t7-/m0/s1. The highest BCUT2D eigenvalue weighted by Crippen LogP contribution is 2.22. The number of nitrogens with zero attached hydrogens (tertiary/aromatic N) is 2. The zero-order valence-corrected chi connectivity index (χ0v) is 6.75. The monoisotopic (exact) mass is 151 g/mol. The third-order valence-corrected chi connectivity index (χ3v) is 2.35. The first kappa shape index (κ1) is 6.70. The van der Waals surface area contributed by atoms with Crippen molar-refractivity contribution in [2.24, 2.45) is 0 Å². The summed E-state index contributed by atoms with van der Waals surface area (Å²) in [5.74, 6) is 1.16.